The average Bonchev–Trinajstić information content (AvgIpc) is 2.44. The molecule has 0 bridgehead atoms. The van der Waals surface area contributed by atoms with Gasteiger partial charge in [-0.3, -0.25) is 0 Å². The molecule has 0 saturated heterocycles. The van der Waals surface area contributed by atoms with E-state index in [0.29, 0.717) is 27.6 Å². The fourth-order valence-corrected chi connectivity index (χ4v) is 2.52. The van der Waals surface area contributed by atoms with Crippen LogP contribution in [0.5, 0.6) is 0 Å². The first kappa shape index (κ1) is 16.2. The largest absolute Gasteiger partial charge is 0.313 e. The Kier molecular flexibility index (Phi) is 5.20. The third kappa shape index (κ3) is 3.73. The second kappa shape index (κ2) is 6.73. The number of hydrogen-bond acceptors (Lipinski definition) is 1. The van der Waals surface area contributed by atoms with Crippen molar-refractivity contribution in [2.24, 2.45) is 0 Å². The predicted octanol–water partition coefficient (Wildman–Crippen LogP) is 5.08. The Labute approximate surface area is 132 Å². The standard InChI is InChI=1S/C16H15Cl2F2N/c1-9-5-15(20)11(8-14(9)19)16(21-2)7-10-3-4-12(17)13(18)6-10/h3-6,8,16,21H,7H2,1-2H3. The van der Waals surface area contributed by atoms with Crippen LogP contribution in [0, 0.1) is 18.6 Å². The van der Waals surface area contributed by atoms with Crippen LogP contribution in [0.3, 0.4) is 0 Å². The van der Waals surface area contributed by atoms with Crippen LogP contribution in [0.2, 0.25) is 10.0 Å². The van der Waals surface area contributed by atoms with Crippen LogP contribution in [-0.4, -0.2) is 7.05 Å². The van der Waals surface area contributed by atoms with Crippen LogP contribution in [-0.2, 0) is 6.42 Å². The van der Waals surface area contributed by atoms with Gasteiger partial charge in [-0.1, -0.05) is 29.3 Å². The Morgan fingerprint density at radius 1 is 1.05 bits per heavy atom. The second-order valence-corrected chi connectivity index (χ2v) is 5.73. The maximum Gasteiger partial charge on any atom is 0.128 e. The summed E-state index contributed by atoms with van der Waals surface area (Å²) in [7, 11) is 1.71. The van der Waals surface area contributed by atoms with Crippen LogP contribution in [0.1, 0.15) is 22.7 Å². The smallest absolute Gasteiger partial charge is 0.128 e. The predicted molar refractivity (Wildman–Crippen MR) is 83.1 cm³/mol. The molecule has 0 amide bonds. The van der Waals surface area contributed by atoms with E-state index in [1.165, 1.54) is 19.1 Å². The first-order valence-electron chi connectivity index (χ1n) is 6.49. The quantitative estimate of drug-likeness (QED) is 0.824. The number of likely N-dealkylation sites (N-methyl/N-ethyl adjacent to an activating group) is 1. The van der Waals surface area contributed by atoms with Gasteiger partial charge in [-0.2, -0.15) is 0 Å². The molecule has 0 saturated carbocycles. The summed E-state index contributed by atoms with van der Waals surface area (Å²) in [6, 6.07) is 7.35. The lowest BCUT2D eigenvalue weighted by atomic mass is 9.97. The van der Waals surface area contributed by atoms with Gasteiger partial charge in [0.25, 0.3) is 0 Å². The van der Waals surface area contributed by atoms with Crippen LogP contribution in [0.15, 0.2) is 30.3 Å². The van der Waals surface area contributed by atoms with Crippen molar-refractivity contribution in [2.75, 3.05) is 7.05 Å². The highest BCUT2D eigenvalue weighted by Gasteiger charge is 2.17. The summed E-state index contributed by atoms with van der Waals surface area (Å²) in [5, 5.41) is 3.92. The fourth-order valence-electron chi connectivity index (χ4n) is 2.20. The molecule has 112 valence electrons. The van der Waals surface area contributed by atoms with Crippen molar-refractivity contribution in [3.63, 3.8) is 0 Å². The molecule has 1 N–H and O–H groups in total. The molecule has 0 fully saturated rings. The van der Waals surface area contributed by atoms with E-state index in [0.717, 1.165) is 5.56 Å². The molecule has 0 aliphatic rings. The SMILES string of the molecule is CNC(Cc1ccc(Cl)c(Cl)c1)c1cc(F)c(C)cc1F. The zero-order valence-corrected chi connectivity index (χ0v) is 13.2. The Morgan fingerprint density at radius 3 is 2.38 bits per heavy atom. The van der Waals surface area contributed by atoms with Crippen molar-refractivity contribution in [3.05, 3.63) is 68.7 Å². The molecular formula is C16H15Cl2F2N. The van der Waals surface area contributed by atoms with E-state index in [-0.39, 0.29) is 6.04 Å². The van der Waals surface area contributed by atoms with E-state index >= 15 is 0 Å². The summed E-state index contributed by atoms with van der Waals surface area (Å²) < 4.78 is 27.7. The maximum atomic E-state index is 14.1. The summed E-state index contributed by atoms with van der Waals surface area (Å²) in [5.74, 6) is -0.839. The third-order valence-corrected chi connectivity index (χ3v) is 4.16. The molecule has 0 aromatic heterocycles. The Bertz CT molecular complexity index is 659. The van der Waals surface area contributed by atoms with Crippen molar-refractivity contribution in [2.45, 2.75) is 19.4 Å². The van der Waals surface area contributed by atoms with Crippen LogP contribution in [0.4, 0.5) is 8.78 Å². The van der Waals surface area contributed by atoms with E-state index in [1.807, 2.05) is 6.07 Å². The number of nitrogens with one attached hydrogen (secondary N) is 1. The molecule has 1 unspecified atom stereocenters. The fraction of sp³-hybridized carbons (Fsp3) is 0.250. The van der Waals surface area contributed by atoms with Gasteiger partial charge in [-0.25, -0.2) is 8.78 Å². The van der Waals surface area contributed by atoms with E-state index in [2.05, 4.69) is 5.32 Å². The lowest BCUT2D eigenvalue weighted by Gasteiger charge is -2.18. The van der Waals surface area contributed by atoms with Gasteiger partial charge >= 0.3 is 0 Å². The number of hydrogen-bond donors (Lipinski definition) is 1. The second-order valence-electron chi connectivity index (χ2n) is 4.92. The maximum absolute atomic E-state index is 14.1. The Hall–Kier alpha value is -1.16. The monoisotopic (exact) mass is 329 g/mol. The number of aryl methyl sites for hydroxylation is 1. The summed E-state index contributed by atoms with van der Waals surface area (Å²) >= 11 is 11.9. The summed E-state index contributed by atoms with van der Waals surface area (Å²) in [6.07, 6.45) is 0.479. The van der Waals surface area contributed by atoms with Gasteiger partial charge in [0.05, 0.1) is 10.0 Å². The first-order chi connectivity index (χ1) is 9.92. The lowest BCUT2D eigenvalue weighted by molar-refractivity contribution is 0.520. The van der Waals surface area contributed by atoms with Gasteiger partial charge in [0, 0.05) is 11.6 Å². The summed E-state index contributed by atoms with van der Waals surface area (Å²) in [6.45, 7) is 1.54. The Morgan fingerprint density at radius 2 is 1.76 bits per heavy atom. The van der Waals surface area contributed by atoms with E-state index in [1.54, 1.807) is 19.2 Å². The van der Waals surface area contributed by atoms with Crippen molar-refractivity contribution in [3.8, 4) is 0 Å². The molecule has 2 rings (SSSR count). The molecule has 0 spiro atoms. The van der Waals surface area contributed by atoms with Crippen molar-refractivity contribution in [1.82, 2.24) is 5.32 Å². The van der Waals surface area contributed by atoms with E-state index in [9.17, 15) is 8.78 Å². The third-order valence-electron chi connectivity index (χ3n) is 3.43. The van der Waals surface area contributed by atoms with Gasteiger partial charge in [0.2, 0.25) is 0 Å². The minimum Gasteiger partial charge on any atom is -0.313 e. The van der Waals surface area contributed by atoms with Crippen molar-refractivity contribution in [1.29, 1.82) is 0 Å². The zero-order chi connectivity index (χ0) is 15.6. The van der Waals surface area contributed by atoms with Crippen LogP contribution < -0.4 is 5.32 Å². The van der Waals surface area contributed by atoms with Gasteiger partial charge in [-0.15, -0.1) is 0 Å². The molecule has 0 heterocycles. The molecule has 1 atom stereocenters. The van der Waals surface area contributed by atoms with Crippen molar-refractivity contribution < 1.29 is 8.78 Å². The minimum absolute atomic E-state index is 0.292. The first-order valence-corrected chi connectivity index (χ1v) is 7.24. The number of halogens is 4. The zero-order valence-electron chi connectivity index (χ0n) is 11.7. The normalized spacial score (nSPS) is 12.5. The summed E-state index contributed by atoms with van der Waals surface area (Å²) in [4.78, 5) is 0. The van der Waals surface area contributed by atoms with Gasteiger partial charge in [-0.05, 0) is 55.8 Å². The van der Waals surface area contributed by atoms with Crippen LogP contribution in [0.25, 0.3) is 0 Å². The highest BCUT2D eigenvalue weighted by Crippen LogP contribution is 2.27. The molecule has 2 aromatic rings. The number of rotatable bonds is 4. The van der Waals surface area contributed by atoms with Gasteiger partial charge in [0.1, 0.15) is 11.6 Å². The molecule has 2 aromatic carbocycles. The van der Waals surface area contributed by atoms with Gasteiger partial charge < -0.3 is 5.32 Å². The van der Waals surface area contributed by atoms with E-state index in [4.69, 9.17) is 23.2 Å². The van der Waals surface area contributed by atoms with Crippen LogP contribution >= 0.6 is 23.2 Å². The molecule has 5 heteroatoms. The molecule has 0 radical (unpaired) electrons. The molecule has 0 aliphatic heterocycles. The molecule has 21 heavy (non-hydrogen) atoms. The highest BCUT2D eigenvalue weighted by molar-refractivity contribution is 6.42. The van der Waals surface area contributed by atoms with Gasteiger partial charge in [0.15, 0.2) is 0 Å². The molecule has 1 nitrogen and oxygen atoms in total. The Balaban J connectivity index is 2.31. The lowest BCUT2D eigenvalue weighted by Crippen LogP contribution is -2.20. The molecular weight excluding hydrogens is 315 g/mol. The van der Waals surface area contributed by atoms with Crippen molar-refractivity contribution >= 4 is 23.2 Å². The highest BCUT2D eigenvalue weighted by atomic mass is 35.5. The topological polar surface area (TPSA) is 12.0 Å². The molecule has 0 aliphatic carbocycles. The number of benzene rings is 2. The average molecular weight is 330 g/mol. The summed E-state index contributed by atoms with van der Waals surface area (Å²) in [5.41, 5.74) is 1.48. The minimum atomic E-state index is -0.423. The van der Waals surface area contributed by atoms with E-state index < -0.39 is 11.6 Å².